The minimum atomic E-state index is -1.01. The Morgan fingerprint density at radius 3 is 2.65 bits per heavy atom. The number of carboxylic acid groups (broad SMARTS) is 1. The number of carboxylic acids is 1. The van der Waals surface area contributed by atoms with E-state index in [2.05, 4.69) is 0 Å². The molecule has 2 N–H and O–H groups in total. The lowest BCUT2D eigenvalue weighted by atomic mass is 10.0. The van der Waals surface area contributed by atoms with Crippen molar-refractivity contribution >= 4 is 16.7 Å². The number of hydrogen-bond donors (Lipinski definition) is 2. The van der Waals surface area contributed by atoms with E-state index in [1.807, 2.05) is 24.3 Å². The van der Waals surface area contributed by atoms with Crippen molar-refractivity contribution in [3.8, 4) is 5.75 Å². The monoisotopic (exact) mass is 272 g/mol. The van der Waals surface area contributed by atoms with E-state index in [0.29, 0.717) is 17.6 Å². The van der Waals surface area contributed by atoms with Crippen molar-refractivity contribution in [3.05, 3.63) is 42.0 Å². The summed E-state index contributed by atoms with van der Waals surface area (Å²) in [4.78, 5) is 11.5. The van der Waals surface area contributed by atoms with Crippen molar-refractivity contribution < 1.29 is 19.7 Å². The van der Waals surface area contributed by atoms with Gasteiger partial charge in [-0.05, 0) is 36.1 Å². The van der Waals surface area contributed by atoms with Crippen molar-refractivity contribution in [1.82, 2.24) is 0 Å². The molecule has 0 spiro atoms. The maximum absolute atomic E-state index is 11.5. The first kappa shape index (κ1) is 12.9. The maximum Gasteiger partial charge on any atom is 0.340 e. The van der Waals surface area contributed by atoms with E-state index in [4.69, 9.17) is 4.74 Å². The summed E-state index contributed by atoms with van der Waals surface area (Å²) in [7, 11) is 0. The number of benzene rings is 2. The summed E-state index contributed by atoms with van der Waals surface area (Å²) in [6.07, 6.45) is 1.55. The van der Waals surface area contributed by atoms with Crippen LogP contribution in [-0.2, 0) is 0 Å². The molecule has 2 aromatic carbocycles. The highest BCUT2D eigenvalue weighted by molar-refractivity contribution is 6.06. The van der Waals surface area contributed by atoms with Crippen LogP contribution < -0.4 is 4.74 Å². The second-order valence-electron chi connectivity index (χ2n) is 5.12. The largest absolute Gasteiger partial charge is 0.487 e. The first-order chi connectivity index (χ1) is 9.66. The molecular formula is C16H16O4. The molecule has 2 unspecified atom stereocenters. The fourth-order valence-corrected chi connectivity index (χ4v) is 2.78. The molecule has 4 nitrogen and oxygen atoms in total. The Morgan fingerprint density at radius 2 is 1.95 bits per heavy atom. The molecule has 3 rings (SSSR count). The third-order valence-electron chi connectivity index (χ3n) is 3.80. The molecule has 0 radical (unpaired) electrons. The molecule has 0 bridgehead atoms. The Balaban J connectivity index is 2.06. The van der Waals surface area contributed by atoms with Crippen molar-refractivity contribution in [2.75, 3.05) is 0 Å². The molecular weight excluding hydrogens is 256 g/mol. The third kappa shape index (κ3) is 2.23. The van der Waals surface area contributed by atoms with Gasteiger partial charge in [-0.1, -0.05) is 30.3 Å². The zero-order chi connectivity index (χ0) is 14.1. The SMILES string of the molecule is O=C(O)c1c(OC2CCCC2O)ccc2ccccc12. The lowest BCUT2D eigenvalue weighted by Crippen LogP contribution is -2.26. The smallest absolute Gasteiger partial charge is 0.340 e. The van der Waals surface area contributed by atoms with E-state index < -0.39 is 12.1 Å². The number of aromatic carboxylic acids is 1. The van der Waals surface area contributed by atoms with Gasteiger partial charge in [-0.2, -0.15) is 0 Å². The van der Waals surface area contributed by atoms with Gasteiger partial charge in [0, 0.05) is 0 Å². The summed E-state index contributed by atoms with van der Waals surface area (Å²) >= 11 is 0. The van der Waals surface area contributed by atoms with Crippen LogP contribution in [-0.4, -0.2) is 28.4 Å². The minimum absolute atomic E-state index is 0.169. The molecule has 0 amide bonds. The van der Waals surface area contributed by atoms with Gasteiger partial charge in [0.1, 0.15) is 17.4 Å². The number of hydrogen-bond acceptors (Lipinski definition) is 3. The summed E-state index contributed by atoms with van der Waals surface area (Å²) in [5, 5.41) is 20.8. The van der Waals surface area contributed by atoms with Crippen LogP contribution >= 0.6 is 0 Å². The van der Waals surface area contributed by atoms with Crippen LogP contribution in [0.2, 0.25) is 0 Å². The van der Waals surface area contributed by atoms with Gasteiger partial charge < -0.3 is 14.9 Å². The van der Waals surface area contributed by atoms with Crippen LogP contribution in [0.4, 0.5) is 0 Å². The highest BCUT2D eigenvalue weighted by atomic mass is 16.5. The number of rotatable bonds is 3. The van der Waals surface area contributed by atoms with E-state index >= 15 is 0 Å². The highest BCUT2D eigenvalue weighted by Gasteiger charge is 2.28. The predicted octanol–water partition coefficient (Wildman–Crippen LogP) is 2.83. The molecule has 2 aromatic rings. The lowest BCUT2D eigenvalue weighted by molar-refractivity contribution is 0.0562. The highest BCUT2D eigenvalue weighted by Crippen LogP contribution is 2.31. The van der Waals surface area contributed by atoms with Gasteiger partial charge >= 0.3 is 5.97 Å². The molecule has 2 atom stereocenters. The maximum atomic E-state index is 11.5. The molecule has 1 aliphatic rings. The third-order valence-corrected chi connectivity index (χ3v) is 3.80. The Bertz CT molecular complexity index is 650. The molecule has 0 aromatic heterocycles. The molecule has 1 aliphatic carbocycles. The van der Waals surface area contributed by atoms with Gasteiger partial charge in [-0.25, -0.2) is 4.79 Å². The molecule has 4 heteroatoms. The van der Waals surface area contributed by atoms with Crippen LogP contribution in [0.25, 0.3) is 10.8 Å². The minimum Gasteiger partial charge on any atom is -0.487 e. The predicted molar refractivity (Wildman–Crippen MR) is 75.2 cm³/mol. The van der Waals surface area contributed by atoms with Crippen molar-refractivity contribution in [1.29, 1.82) is 0 Å². The van der Waals surface area contributed by atoms with Crippen molar-refractivity contribution in [2.45, 2.75) is 31.5 Å². The second-order valence-corrected chi connectivity index (χ2v) is 5.12. The summed E-state index contributed by atoms with van der Waals surface area (Å²) in [6.45, 7) is 0. The summed E-state index contributed by atoms with van der Waals surface area (Å²) < 4.78 is 5.76. The van der Waals surface area contributed by atoms with Gasteiger partial charge in [-0.15, -0.1) is 0 Å². The first-order valence-electron chi connectivity index (χ1n) is 6.76. The molecule has 0 aliphatic heterocycles. The molecule has 1 fully saturated rings. The van der Waals surface area contributed by atoms with E-state index in [9.17, 15) is 15.0 Å². The average Bonchev–Trinajstić information content (AvgIpc) is 2.83. The van der Waals surface area contributed by atoms with E-state index in [1.165, 1.54) is 0 Å². The quantitative estimate of drug-likeness (QED) is 0.901. The number of carbonyl (C=O) groups is 1. The molecule has 104 valence electrons. The van der Waals surface area contributed by atoms with Gasteiger partial charge in [0.2, 0.25) is 0 Å². The van der Waals surface area contributed by atoms with Gasteiger partial charge in [0.15, 0.2) is 0 Å². The average molecular weight is 272 g/mol. The number of fused-ring (bicyclic) bond motifs is 1. The topological polar surface area (TPSA) is 66.8 Å². The van der Waals surface area contributed by atoms with Crippen molar-refractivity contribution in [3.63, 3.8) is 0 Å². The van der Waals surface area contributed by atoms with Gasteiger partial charge in [0.25, 0.3) is 0 Å². The number of ether oxygens (including phenoxy) is 1. The van der Waals surface area contributed by atoms with Gasteiger partial charge in [-0.3, -0.25) is 0 Å². The van der Waals surface area contributed by atoms with E-state index in [-0.39, 0.29) is 11.7 Å². The fourth-order valence-electron chi connectivity index (χ4n) is 2.78. The standard InChI is InChI=1S/C16H16O4/c17-12-6-3-7-13(12)20-14-9-8-10-4-1-2-5-11(10)15(14)16(18)19/h1-2,4-5,8-9,12-13,17H,3,6-7H2,(H,18,19). The Hall–Kier alpha value is -2.07. The first-order valence-corrected chi connectivity index (χ1v) is 6.76. The Morgan fingerprint density at radius 1 is 1.15 bits per heavy atom. The molecule has 1 saturated carbocycles. The van der Waals surface area contributed by atoms with Crippen LogP contribution in [0.1, 0.15) is 29.6 Å². The summed E-state index contributed by atoms with van der Waals surface area (Å²) in [5.41, 5.74) is 0.169. The normalized spacial score (nSPS) is 22.1. The fraction of sp³-hybridized carbons (Fsp3) is 0.312. The van der Waals surface area contributed by atoms with Crippen LogP contribution in [0.5, 0.6) is 5.75 Å². The summed E-state index contributed by atoms with van der Waals surface area (Å²) in [6, 6.07) is 10.8. The summed E-state index contributed by atoms with van der Waals surface area (Å²) in [5.74, 6) is -0.675. The zero-order valence-electron chi connectivity index (χ0n) is 11.0. The lowest BCUT2D eigenvalue weighted by Gasteiger charge is -2.19. The Kier molecular flexibility index (Phi) is 3.32. The molecule has 20 heavy (non-hydrogen) atoms. The zero-order valence-corrected chi connectivity index (χ0v) is 11.0. The van der Waals surface area contributed by atoms with Crippen LogP contribution in [0.3, 0.4) is 0 Å². The van der Waals surface area contributed by atoms with Crippen LogP contribution in [0, 0.1) is 0 Å². The van der Waals surface area contributed by atoms with E-state index in [0.717, 1.165) is 18.2 Å². The molecule has 0 heterocycles. The molecule has 0 saturated heterocycles. The van der Waals surface area contributed by atoms with E-state index in [1.54, 1.807) is 12.1 Å². The van der Waals surface area contributed by atoms with Gasteiger partial charge in [0.05, 0.1) is 6.10 Å². The number of aliphatic hydroxyl groups excluding tert-OH is 1. The Labute approximate surface area is 116 Å². The van der Waals surface area contributed by atoms with Crippen molar-refractivity contribution in [2.24, 2.45) is 0 Å². The van der Waals surface area contributed by atoms with Crippen LogP contribution in [0.15, 0.2) is 36.4 Å². The number of aliphatic hydroxyl groups is 1. The second kappa shape index (κ2) is 5.13.